The molecule has 0 fully saturated rings. The van der Waals surface area contributed by atoms with E-state index in [1.165, 1.54) is 19.4 Å². The highest BCUT2D eigenvalue weighted by molar-refractivity contribution is 5.79. The van der Waals surface area contributed by atoms with Crippen molar-refractivity contribution in [2.75, 3.05) is 44.8 Å². The summed E-state index contributed by atoms with van der Waals surface area (Å²) in [6, 6.07) is 19.1. The van der Waals surface area contributed by atoms with Crippen molar-refractivity contribution >= 4 is 23.0 Å². The zero-order valence-corrected chi connectivity index (χ0v) is 27.2. The van der Waals surface area contributed by atoms with Gasteiger partial charge in [0.15, 0.2) is 11.6 Å². The summed E-state index contributed by atoms with van der Waals surface area (Å²) >= 11 is 0. The molecule has 0 aliphatic carbocycles. The summed E-state index contributed by atoms with van der Waals surface area (Å²) in [5.41, 5.74) is 5.16. The average Bonchev–Trinajstić information content (AvgIpc) is 3.12. The number of hydrogen-bond acceptors (Lipinski definition) is 11. The molecule has 0 unspecified atom stereocenters. The molecule has 0 bridgehead atoms. The van der Waals surface area contributed by atoms with Gasteiger partial charge >= 0.3 is 0 Å². The van der Waals surface area contributed by atoms with Crippen molar-refractivity contribution in [1.82, 2.24) is 24.9 Å². The molecule has 4 heterocycles. The Balaban J connectivity index is 1.42. The number of rotatable bonds is 12. The van der Waals surface area contributed by atoms with Crippen LogP contribution in [0.15, 0.2) is 79.1 Å². The first-order chi connectivity index (χ1) is 23.4. The molecule has 0 atom stereocenters. The Bertz CT molecular complexity index is 1850. The maximum Gasteiger partial charge on any atom is 0.250 e. The van der Waals surface area contributed by atoms with E-state index in [-0.39, 0.29) is 5.88 Å². The number of hydrogen-bond donors (Lipinski definition) is 1. The predicted molar refractivity (Wildman–Crippen MR) is 181 cm³/mol. The van der Waals surface area contributed by atoms with Crippen LogP contribution in [0.5, 0.6) is 17.4 Å². The van der Waals surface area contributed by atoms with Gasteiger partial charge in [0.2, 0.25) is 11.8 Å². The highest BCUT2D eigenvalue weighted by atomic mass is 19.1. The minimum atomic E-state index is -0.598. The van der Waals surface area contributed by atoms with Crippen LogP contribution in [0.2, 0.25) is 0 Å². The van der Waals surface area contributed by atoms with E-state index in [0.717, 1.165) is 40.2 Å². The molecule has 3 aromatic heterocycles. The van der Waals surface area contributed by atoms with Crippen LogP contribution in [-0.4, -0.2) is 59.5 Å². The van der Waals surface area contributed by atoms with Gasteiger partial charge in [0.1, 0.15) is 23.1 Å². The first kappa shape index (κ1) is 32.3. The Labute approximate surface area is 278 Å². The summed E-state index contributed by atoms with van der Waals surface area (Å²) in [5, 5.41) is 3.21. The number of ether oxygens (including phenoxy) is 4. The van der Waals surface area contributed by atoms with Gasteiger partial charge in [-0.25, -0.2) is 19.3 Å². The fraction of sp³-hybridized carbons (Fsp3) is 0.250. The normalized spacial score (nSPS) is 12.6. The Hall–Kier alpha value is -5.62. The second kappa shape index (κ2) is 14.9. The van der Waals surface area contributed by atoms with E-state index in [1.807, 2.05) is 61.5 Å². The van der Waals surface area contributed by atoms with E-state index in [9.17, 15) is 4.39 Å². The lowest BCUT2D eigenvalue weighted by molar-refractivity contribution is 0.161. The third-order valence-corrected chi connectivity index (χ3v) is 7.81. The van der Waals surface area contributed by atoms with Crippen molar-refractivity contribution < 1.29 is 23.3 Å². The minimum absolute atomic E-state index is 0.0953. The van der Waals surface area contributed by atoms with Crippen LogP contribution in [0.25, 0.3) is 17.0 Å². The standard InChI is InChI=1S/C36H36FN7O4/c1-23-40-34(31-17-27(26-13-15-48-16-14-26)19-38-33(31)42-28-18-32(37)35(47-4)39-20-28)43-36(41-23)44(21-24-5-9-29(45-2)10-6-24)22-25-7-11-30(46-3)12-8-25/h5-13,17-20H,14-16,21-22H2,1-4H3,(H,38,42). The van der Waals surface area contributed by atoms with Crippen molar-refractivity contribution in [3.63, 3.8) is 0 Å². The molecule has 0 radical (unpaired) electrons. The van der Waals surface area contributed by atoms with Gasteiger partial charge in [0.05, 0.1) is 52.0 Å². The molecule has 0 saturated carbocycles. The largest absolute Gasteiger partial charge is 0.497 e. The molecule has 48 heavy (non-hydrogen) atoms. The van der Waals surface area contributed by atoms with Crippen molar-refractivity contribution in [3.8, 4) is 28.8 Å². The topological polar surface area (TPSA) is 117 Å². The highest BCUT2D eigenvalue weighted by Crippen LogP contribution is 2.33. The maximum atomic E-state index is 14.6. The summed E-state index contributed by atoms with van der Waals surface area (Å²) in [4.78, 5) is 25.5. The summed E-state index contributed by atoms with van der Waals surface area (Å²) in [5.74, 6) is 2.73. The Morgan fingerprint density at radius 1 is 0.833 bits per heavy atom. The second-order valence-corrected chi connectivity index (χ2v) is 11.1. The van der Waals surface area contributed by atoms with Crippen molar-refractivity contribution in [2.45, 2.75) is 26.4 Å². The van der Waals surface area contributed by atoms with E-state index in [1.54, 1.807) is 20.4 Å². The summed E-state index contributed by atoms with van der Waals surface area (Å²) < 4.78 is 35.9. The van der Waals surface area contributed by atoms with Crippen LogP contribution < -0.4 is 24.4 Å². The molecule has 0 amide bonds. The van der Waals surface area contributed by atoms with E-state index in [4.69, 9.17) is 38.9 Å². The molecular weight excluding hydrogens is 613 g/mol. The van der Waals surface area contributed by atoms with Gasteiger partial charge in [-0.3, -0.25) is 0 Å². The number of benzene rings is 2. The molecule has 11 nitrogen and oxygen atoms in total. The molecule has 12 heteroatoms. The lowest BCUT2D eigenvalue weighted by atomic mass is 10.0. The van der Waals surface area contributed by atoms with Gasteiger partial charge < -0.3 is 29.2 Å². The third kappa shape index (κ3) is 7.67. The minimum Gasteiger partial charge on any atom is -0.497 e. The van der Waals surface area contributed by atoms with Crippen molar-refractivity contribution in [3.05, 3.63) is 107 Å². The smallest absolute Gasteiger partial charge is 0.250 e. The third-order valence-electron chi connectivity index (χ3n) is 7.81. The number of pyridine rings is 2. The summed E-state index contributed by atoms with van der Waals surface area (Å²) in [6.07, 6.45) is 6.07. The number of aromatic nitrogens is 5. The monoisotopic (exact) mass is 649 g/mol. The van der Waals surface area contributed by atoms with Gasteiger partial charge in [0.25, 0.3) is 0 Å². The zero-order valence-electron chi connectivity index (χ0n) is 27.2. The first-order valence-corrected chi connectivity index (χ1v) is 15.4. The predicted octanol–water partition coefficient (Wildman–Crippen LogP) is 6.56. The number of methoxy groups -OCH3 is 3. The van der Waals surface area contributed by atoms with Crippen LogP contribution in [0.4, 0.5) is 21.8 Å². The Morgan fingerprint density at radius 2 is 1.52 bits per heavy atom. The molecule has 1 N–H and O–H groups in total. The molecule has 5 aromatic rings. The van der Waals surface area contributed by atoms with Gasteiger partial charge in [-0.1, -0.05) is 30.3 Å². The number of aryl methyl sites for hydroxylation is 1. The maximum absolute atomic E-state index is 14.6. The fourth-order valence-corrected chi connectivity index (χ4v) is 5.31. The van der Waals surface area contributed by atoms with Gasteiger partial charge in [-0.15, -0.1) is 0 Å². The average molecular weight is 650 g/mol. The molecule has 2 aromatic carbocycles. The molecular formula is C36H36FN7O4. The van der Waals surface area contributed by atoms with Crippen LogP contribution in [0.3, 0.4) is 0 Å². The van der Waals surface area contributed by atoms with E-state index < -0.39 is 5.82 Å². The van der Waals surface area contributed by atoms with E-state index >= 15 is 0 Å². The zero-order chi connectivity index (χ0) is 33.5. The number of halogens is 1. The Kier molecular flexibility index (Phi) is 10.0. The van der Waals surface area contributed by atoms with Crippen molar-refractivity contribution in [1.29, 1.82) is 0 Å². The SMILES string of the molecule is COc1ccc(CN(Cc2ccc(OC)cc2)c2nc(C)nc(-c3cc(C4=CCOCC4)cnc3Nc3cnc(OC)c(F)c3)n2)cc1. The van der Waals surface area contributed by atoms with Crippen LogP contribution in [0, 0.1) is 12.7 Å². The molecule has 0 spiro atoms. The van der Waals surface area contributed by atoms with Gasteiger partial charge in [-0.05, 0) is 65.9 Å². The second-order valence-electron chi connectivity index (χ2n) is 11.1. The molecule has 0 saturated heterocycles. The quantitative estimate of drug-likeness (QED) is 0.158. The lowest BCUT2D eigenvalue weighted by Crippen LogP contribution is -2.25. The molecule has 1 aliphatic rings. The van der Waals surface area contributed by atoms with Crippen LogP contribution in [0.1, 0.15) is 28.9 Å². The first-order valence-electron chi connectivity index (χ1n) is 15.4. The number of nitrogens with one attached hydrogen (secondary N) is 1. The fourth-order valence-electron chi connectivity index (χ4n) is 5.31. The van der Waals surface area contributed by atoms with Crippen LogP contribution >= 0.6 is 0 Å². The molecule has 1 aliphatic heterocycles. The lowest BCUT2D eigenvalue weighted by Gasteiger charge is -2.24. The van der Waals surface area contributed by atoms with E-state index in [2.05, 4.69) is 21.3 Å². The molecule has 246 valence electrons. The van der Waals surface area contributed by atoms with Crippen LogP contribution in [-0.2, 0) is 17.8 Å². The summed E-state index contributed by atoms with van der Waals surface area (Å²) in [6.45, 7) is 4.03. The number of nitrogens with zero attached hydrogens (tertiary/aromatic N) is 6. The Morgan fingerprint density at radius 3 is 2.10 bits per heavy atom. The summed E-state index contributed by atoms with van der Waals surface area (Å²) in [7, 11) is 4.66. The number of anilines is 3. The van der Waals surface area contributed by atoms with Gasteiger partial charge in [0, 0.05) is 25.4 Å². The van der Waals surface area contributed by atoms with E-state index in [0.29, 0.717) is 61.0 Å². The highest BCUT2D eigenvalue weighted by Gasteiger charge is 2.20. The van der Waals surface area contributed by atoms with Crippen molar-refractivity contribution in [2.24, 2.45) is 0 Å². The molecule has 6 rings (SSSR count). The van der Waals surface area contributed by atoms with Gasteiger partial charge in [-0.2, -0.15) is 9.97 Å².